The molecular formula is C13H14Cl3NO3. The highest BCUT2D eigenvalue weighted by molar-refractivity contribution is 6.35. The van der Waals surface area contributed by atoms with Crippen molar-refractivity contribution in [2.24, 2.45) is 0 Å². The van der Waals surface area contributed by atoms with Gasteiger partial charge in [-0.05, 0) is 24.1 Å². The number of methoxy groups -OCH3 is 1. The van der Waals surface area contributed by atoms with Crippen molar-refractivity contribution in [2.75, 3.05) is 26.1 Å². The summed E-state index contributed by atoms with van der Waals surface area (Å²) in [5.41, 5.74) is 0.841. The van der Waals surface area contributed by atoms with Gasteiger partial charge in [0.1, 0.15) is 12.4 Å². The van der Waals surface area contributed by atoms with Gasteiger partial charge < -0.3 is 9.64 Å². The Morgan fingerprint density at radius 1 is 1.30 bits per heavy atom. The maximum absolute atomic E-state index is 11.7. The second-order valence-electron chi connectivity index (χ2n) is 4.01. The molecule has 0 fully saturated rings. The molecule has 4 nitrogen and oxygen atoms in total. The largest absolute Gasteiger partial charge is 0.468 e. The van der Waals surface area contributed by atoms with Crippen molar-refractivity contribution < 1.29 is 14.3 Å². The zero-order chi connectivity index (χ0) is 15.1. The first-order valence-corrected chi connectivity index (χ1v) is 7.11. The predicted octanol–water partition coefficient (Wildman–Crippen LogP) is 2.78. The molecule has 0 spiro atoms. The minimum atomic E-state index is -0.495. The van der Waals surface area contributed by atoms with E-state index in [0.717, 1.165) is 5.56 Å². The Balaban J connectivity index is 2.70. The van der Waals surface area contributed by atoms with Gasteiger partial charge in [0.15, 0.2) is 0 Å². The molecule has 1 aromatic carbocycles. The van der Waals surface area contributed by atoms with Crippen LogP contribution in [0.1, 0.15) is 5.56 Å². The highest BCUT2D eigenvalue weighted by atomic mass is 35.5. The average Bonchev–Trinajstić information content (AvgIpc) is 2.43. The second kappa shape index (κ2) is 8.35. The molecule has 0 saturated heterocycles. The van der Waals surface area contributed by atoms with Gasteiger partial charge in [0.05, 0.1) is 7.11 Å². The number of hydrogen-bond donors (Lipinski definition) is 0. The first-order chi connectivity index (χ1) is 9.47. The highest BCUT2D eigenvalue weighted by Crippen LogP contribution is 2.21. The van der Waals surface area contributed by atoms with Gasteiger partial charge in [-0.3, -0.25) is 9.59 Å². The Hall–Kier alpha value is -0.970. The lowest BCUT2D eigenvalue weighted by Crippen LogP contribution is -2.38. The van der Waals surface area contributed by atoms with Crippen LogP contribution in [0.4, 0.5) is 0 Å². The Bertz CT molecular complexity index is 494. The zero-order valence-electron chi connectivity index (χ0n) is 10.9. The number of rotatable bonds is 6. The summed E-state index contributed by atoms with van der Waals surface area (Å²) < 4.78 is 4.55. The normalized spacial score (nSPS) is 10.2. The van der Waals surface area contributed by atoms with Crippen molar-refractivity contribution in [3.63, 3.8) is 0 Å². The molecule has 0 unspecified atom stereocenters. The average molecular weight is 339 g/mol. The maximum Gasteiger partial charge on any atom is 0.325 e. The van der Waals surface area contributed by atoms with Gasteiger partial charge in [-0.2, -0.15) is 0 Å². The number of amides is 1. The third kappa shape index (κ3) is 5.19. The van der Waals surface area contributed by atoms with Crippen LogP contribution >= 0.6 is 34.8 Å². The van der Waals surface area contributed by atoms with Crippen LogP contribution < -0.4 is 0 Å². The van der Waals surface area contributed by atoms with Crippen LogP contribution in [0.5, 0.6) is 0 Å². The topological polar surface area (TPSA) is 46.6 Å². The second-order valence-corrected chi connectivity index (χ2v) is 5.12. The van der Waals surface area contributed by atoms with Crippen molar-refractivity contribution in [1.29, 1.82) is 0 Å². The van der Waals surface area contributed by atoms with Crippen molar-refractivity contribution >= 4 is 46.7 Å². The number of ether oxygens (including phenoxy) is 1. The number of nitrogens with zero attached hydrogens (tertiary/aromatic N) is 1. The Labute approximate surface area is 132 Å². The minimum absolute atomic E-state index is 0.132. The Kier molecular flexibility index (Phi) is 7.13. The van der Waals surface area contributed by atoms with Gasteiger partial charge in [-0.1, -0.05) is 29.3 Å². The number of carbonyl (C=O) groups is 2. The van der Waals surface area contributed by atoms with Crippen LogP contribution in [-0.4, -0.2) is 42.9 Å². The SMILES string of the molecule is COC(=O)CN(CCc1ccc(Cl)cc1Cl)C(=O)CCl. The molecular weight excluding hydrogens is 325 g/mol. The Morgan fingerprint density at radius 2 is 2.00 bits per heavy atom. The fraction of sp³-hybridized carbons (Fsp3) is 0.385. The third-order valence-corrected chi connectivity index (χ3v) is 3.50. The molecule has 110 valence electrons. The van der Waals surface area contributed by atoms with Crippen LogP contribution in [0.25, 0.3) is 0 Å². The maximum atomic E-state index is 11.7. The van der Waals surface area contributed by atoms with E-state index in [1.54, 1.807) is 18.2 Å². The van der Waals surface area contributed by atoms with Gasteiger partial charge in [-0.15, -0.1) is 11.6 Å². The summed E-state index contributed by atoms with van der Waals surface area (Å²) in [5, 5.41) is 1.07. The van der Waals surface area contributed by atoms with Crippen molar-refractivity contribution in [3.05, 3.63) is 33.8 Å². The van der Waals surface area contributed by atoms with E-state index in [9.17, 15) is 9.59 Å². The summed E-state index contributed by atoms with van der Waals surface area (Å²) in [6.45, 7) is 0.190. The molecule has 0 aliphatic heterocycles. The summed E-state index contributed by atoms with van der Waals surface area (Å²) in [4.78, 5) is 24.3. The van der Waals surface area contributed by atoms with E-state index in [1.807, 2.05) is 0 Å². The molecule has 0 heterocycles. The van der Waals surface area contributed by atoms with Crippen LogP contribution in [-0.2, 0) is 20.7 Å². The summed E-state index contributed by atoms with van der Waals surface area (Å²) in [5.74, 6) is -1.02. The molecule has 0 atom stereocenters. The van der Waals surface area contributed by atoms with Crippen molar-refractivity contribution in [2.45, 2.75) is 6.42 Å². The lowest BCUT2D eigenvalue weighted by atomic mass is 10.1. The van der Waals surface area contributed by atoms with E-state index in [2.05, 4.69) is 4.74 Å². The number of benzene rings is 1. The Morgan fingerprint density at radius 3 is 2.55 bits per heavy atom. The van der Waals surface area contributed by atoms with E-state index in [4.69, 9.17) is 34.8 Å². The molecule has 20 heavy (non-hydrogen) atoms. The molecule has 0 aliphatic carbocycles. The van der Waals surface area contributed by atoms with Gasteiger partial charge >= 0.3 is 5.97 Å². The van der Waals surface area contributed by atoms with Gasteiger partial charge in [0, 0.05) is 16.6 Å². The first kappa shape index (κ1) is 17.1. The summed E-state index contributed by atoms with van der Waals surface area (Å²) in [6.07, 6.45) is 0.496. The molecule has 1 amide bonds. The first-order valence-electron chi connectivity index (χ1n) is 5.82. The molecule has 0 aromatic heterocycles. The fourth-order valence-corrected chi connectivity index (χ4v) is 2.25. The molecule has 0 aliphatic rings. The summed E-state index contributed by atoms with van der Waals surface area (Å²) >= 11 is 17.4. The van der Waals surface area contributed by atoms with Crippen LogP contribution in [0, 0.1) is 0 Å². The van der Waals surface area contributed by atoms with E-state index in [0.29, 0.717) is 23.0 Å². The molecule has 1 aromatic rings. The fourth-order valence-electron chi connectivity index (χ4n) is 1.58. The van der Waals surface area contributed by atoms with E-state index in [-0.39, 0.29) is 18.3 Å². The van der Waals surface area contributed by atoms with E-state index in [1.165, 1.54) is 12.0 Å². The number of halogens is 3. The third-order valence-electron chi connectivity index (χ3n) is 2.68. The monoisotopic (exact) mass is 337 g/mol. The lowest BCUT2D eigenvalue weighted by molar-refractivity contribution is -0.146. The highest BCUT2D eigenvalue weighted by Gasteiger charge is 2.17. The molecule has 1 rings (SSSR count). The van der Waals surface area contributed by atoms with Gasteiger partial charge in [0.2, 0.25) is 5.91 Å². The van der Waals surface area contributed by atoms with Gasteiger partial charge in [-0.25, -0.2) is 0 Å². The summed E-state index contributed by atoms with van der Waals surface area (Å²) in [7, 11) is 1.27. The molecule has 0 bridgehead atoms. The van der Waals surface area contributed by atoms with Crippen molar-refractivity contribution in [1.82, 2.24) is 4.90 Å². The predicted molar refractivity (Wildman–Crippen MR) is 79.5 cm³/mol. The lowest BCUT2D eigenvalue weighted by Gasteiger charge is -2.20. The molecule has 7 heteroatoms. The quantitative estimate of drug-likeness (QED) is 0.592. The molecule has 0 N–H and O–H groups in total. The summed E-state index contributed by atoms with van der Waals surface area (Å²) in [6, 6.07) is 5.13. The van der Waals surface area contributed by atoms with E-state index >= 15 is 0 Å². The standard InChI is InChI=1S/C13H14Cl3NO3/c1-20-13(19)8-17(12(18)7-14)5-4-9-2-3-10(15)6-11(9)16/h2-3,6H,4-5,7-8H2,1H3. The molecule has 0 radical (unpaired) electrons. The number of carbonyl (C=O) groups excluding carboxylic acids is 2. The van der Waals surface area contributed by atoms with Crippen LogP contribution in [0.3, 0.4) is 0 Å². The molecule has 0 saturated carbocycles. The van der Waals surface area contributed by atoms with Crippen molar-refractivity contribution in [3.8, 4) is 0 Å². The van der Waals surface area contributed by atoms with Crippen LogP contribution in [0.2, 0.25) is 10.0 Å². The number of alkyl halides is 1. The van der Waals surface area contributed by atoms with E-state index < -0.39 is 5.97 Å². The number of hydrogen-bond acceptors (Lipinski definition) is 3. The van der Waals surface area contributed by atoms with Crippen LogP contribution in [0.15, 0.2) is 18.2 Å². The number of esters is 1. The van der Waals surface area contributed by atoms with Gasteiger partial charge in [0.25, 0.3) is 0 Å². The zero-order valence-corrected chi connectivity index (χ0v) is 13.1. The smallest absolute Gasteiger partial charge is 0.325 e. The minimum Gasteiger partial charge on any atom is -0.468 e.